The third kappa shape index (κ3) is 10.5. The summed E-state index contributed by atoms with van der Waals surface area (Å²) in [5.74, 6) is 0.129. The van der Waals surface area contributed by atoms with Crippen LogP contribution >= 0.6 is 0 Å². The smallest absolute Gasteiger partial charge is 0.407 e. The van der Waals surface area contributed by atoms with E-state index in [-0.39, 0.29) is 49.7 Å². The Bertz CT molecular complexity index is 1400. The molecule has 2 aromatic carbocycles. The van der Waals surface area contributed by atoms with Gasteiger partial charge in [0.05, 0.1) is 69.1 Å². The lowest BCUT2D eigenvalue weighted by Crippen LogP contribution is -2.49. The molecule has 16 heteroatoms. The molecule has 4 aliphatic heterocycles. The number of nitrogens with two attached hydrogens (primary N) is 1. The molecule has 2 amide bonds. The lowest BCUT2D eigenvalue weighted by Gasteiger charge is -2.24. The molecule has 0 aromatic heterocycles. The summed E-state index contributed by atoms with van der Waals surface area (Å²) >= 11 is 0. The van der Waals surface area contributed by atoms with Gasteiger partial charge in [0.15, 0.2) is 12.6 Å². The van der Waals surface area contributed by atoms with E-state index >= 15 is 0 Å². The van der Waals surface area contributed by atoms with Crippen molar-refractivity contribution >= 4 is 12.2 Å². The summed E-state index contributed by atoms with van der Waals surface area (Å²) in [5, 5.41) is 29.2. The van der Waals surface area contributed by atoms with Crippen LogP contribution in [-0.4, -0.2) is 111 Å². The molecular weight excluding hydrogens is 652 g/mol. The number of carbonyl (C=O) groups is 2. The highest BCUT2D eigenvalue weighted by Gasteiger charge is 2.45. The number of hydrogen-bond acceptors (Lipinski definition) is 12. The molecule has 0 spiro atoms. The van der Waals surface area contributed by atoms with Gasteiger partial charge in [-0.05, 0) is 42.3 Å². The highest BCUT2D eigenvalue weighted by molar-refractivity contribution is 5.68. The number of benzene rings is 2. The number of rotatable bonds is 13. The minimum atomic E-state index is -1.03. The molecule has 4 aliphatic rings. The predicted molar refractivity (Wildman–Crippen MR) is 177 cm³/mol. The number of ether oxygens (including phenoxy) is 6. The van der Waals surface area contributed by atoms with Crippen molar-refractivity contribution in [2.45, 2.75) is 74.8 Å². The van der Waals surface area contributed by atoms with Gasteiger partial charge in [-0.15, -0.1) is 0 Å². The van der Waals surface area contributed by atoms with Crippen molar-refractivity contribution in [2.75, 3.05) is 39.5 Å². The molecule has 6 rings (SSSR count). The third-order valence-corrected chi connectivity index (χ3v) is 9.19. The Kier molecular flexibility index (Phi) is 14.0. The van der Waals surface area contributed by atoms with Crippen LogP contribution in [0.4, 0.5) is 9.59 Å². The van der Waals surface area contributed by atoms with Crippen LogP contribution in [-0.2, 0) is 41.3 Å². The van der Waals surface area contributed by atoms with Crippen LogP contribution in [0.25, 0.3) is 10.4 Å². The van der Waals surface area contributed by atoms with Crippen LogP contribution in [0.15, 0.2) is 65.8 Å². The molecule has 4 heterocycles. The minimum absolute atomic E-state index is 0.0430. The summed E-state index contributed by atoms with van der Waals surface area (Å²) < 4.78 is 32.7. The van der Waals surface area contributed by atoms with Gasteiger partial charge < -0.3 is 55.0 Å². The monoisotopic (exact) mass is 698 g/mol. The molecule has 6 N–H and O–H groups in total. The summed E-state index contributed by atoms with van der Waals surface area (Å²) in [7, 11) is 0. The second kappa shape index (κ2) is 18.8. The second-order valence-electron chi connectivity index (χ2n) is 12.6. The van der Waals surface area contributed by atoms with Gasteiger partial charge in [0.25, 0.3) is 0 Å². The lowest BCUT2D eigenvalue weighted by atomic mass is 10.0. The van der Waals surface area contributed by atoms with E-state index in [1.807, 2.05) is 60.7 Å². The van der Waals surface area contributed by atoms with Crippen LogP contribution in [0.1, 0.15) is 24.0 Å². The van der Waals surface area contributed by atoms with Crippen LogP contribution in [0.3, 0.4) is 0 Å². The summed E-state index contributed by atoms with van der Waals surface area (Å²) in [6.45, 7) is 1.78. The first kappa shape index (κ1) is 37.3. The van der Waals surface area contributed by atoms with Gasteiger partial charge in [-0.25, -0.2) is 9.59 Å². The maximum Gasteiger partial charge on any atom is 0.407 e. The number of nitrogens with one attached hydrogen (secondary N) is 2. The zero-order chi connectivity index (χ0) is 35.3. The Morgan fingerprint density at radius 3 is 1.70 bits per heavy atom. The second-order valence-corrected chi connectivity index (χ2v) is 12.6. The first-order chi connectivity index (χ1) is 24.3. The van der Waals surface area contributed by atoms with Crippen molar-refractivity contribution in [2.24, 2.45) is 22.7 Å². The Balaban J connectivity index is 0.000000195. The van der Waals surface area contributed by atoms with Gasteiger partial charge >= 0.3 is 12.2 Å². The van der Waals surface area contributed by atoms with E-state index in [0.717, 1.165) is 24.0 Å². The standard InChI is InChI=1S/C17H22N4O5.C17H24N2O5/c18-21-19-9-14(22)13(8-11-4-2-1-3-5-11)20-17(23)26-15-10-25-16-12(15)6-7-24-16;18-9-14(20)13(8-11-4-2-1-3-5-11)19-17(21)24-15-10-23-16-12(15)6-7-22-16/h1-5,12-16,22H,6-10H2,(H,20,23);1-5,12-16,20H,6-10,18H2,(H,19,21)/t2*12?,13-,14?,15?,16?/m00/s1. The Morgan fingerprint density at radius 1 is 0.800 bits per heavy atom. The van der Waals surface area contributed by atoms with Crippen molar-refractivity contribution < 1.29 is 48.2 Å². The SMILES string of the molecule is NCC(O)[C@H](Cc1ccccc1)NC(=O)OC1COC2OCCC12.[N-]=[N+]=NCC(O)[C@H](Cc1ccccc1)NC(=O)OC1COC2OCCC12. The molecule has 4 saturated heterocycles. The number of nitrogens with zero attached hydrogens (tertiary/aromatic N) is 3. The largest absolute Gasteiger partial charge is 0.443 e. The first-order valence-corrected chi connectivity index (χ1v) is 16.9. The fraction of sp³-hybridized carbons (Fsp3) is 0.588. The lowest BCUT2D eigenvalue weighted by molar-refractivity contribution is -0.0909. The molecule has 50 heavy (non-hydrogen) atoms. The third-order valence-electron chi connectivity index (χ3n) is 9.19. The fourth-order valence-electron chi connectivity index (χ4n) is 6.46. The van der Waals surface area contributed by atoms with Crippen molar-refractivity contribution in [1.29, 1.82) is 0 Å². The molecule has 8 unspecified atom stereocenters. The summed E-state index contributed by atoms with van der Waals surface area (Å²) in [5.41, 5.74) is 16.0. The van der Waals surface area contributed by atoms with Crippen LogP contribution < -0.4 is 16.4 Å². The van der Waals surface area contributed by atoms with Gasteiger partial charge in [-0.2, -0.15) is 0 Å². The van der Waals surface area contributed by atoms with E-state index in [2.05, 4.69) is 20.7 Å². The maximum atomic E-state index is 12.3. The number of azide groups is 1. The van der Waals surface area contributed by atoms with Gasteiger partial charge in [-0.3, -0.25) is 0 Å². The minimum Gasteiger partial charge on any atom is -0.443 e. The number of hydrogen-bond donors (Lipinski definition) is 5. The predicted octanol–water partition coefficient (Wildman–Crippen LogP) is 2.16. The average molecular weight is 699 g/mol. The van der Waals surface area contributed by atoms with E-state index in [1.54, 1.807) is 0 Å². The molecule has 0 bridgehead atoms. The first-order valence-electron chi connectivity index (χ1n) is 16.9. The highest BCUT2D eigenvalue weighted by atomic mass is 16.7. The maximum absolute atomic E-state index is 12.3. The molecular formula is C34H46N6O10. The number of fused-ring (bicyclic) bond motifs is 2. The number of carbonyl (C=O) groups excluding carboxylic acids is 2. The van der Waals surface area contributed by atoms with Crippen LogP contribution in [0.5, 0.6) is 0 Å². The molecule has 2 aromatic rings. The summed E-state index contributed by atoms with van der Waals surface area (Å²) in [4.78, 5) is 27.2. The Morgan fingerprint density at radius 2 is 1.26 bits per heavy atom. The normalized spacial score (nSPS) is 27.3. The number of amides is 2. The number of aliphatic hydroxyl groups excluding tert-OH is 2. The number of aliphatic hydroxyl groups is 2. The zero-order valence-electron chi connectivity index (χ0n) is 27.7. The molecule has 4 fully saturated rings. The van der Waals surface area contributed by atoms with E-state index in [0.29, 0.717) is 39.3 Å². The van der Waals surface area contributed by atoms with Crippen molar-refractivity contribution in [1.82, 2.24) is 10.6 Å². The molecule has 10 atom stereocenters. The van der Waals surface area contributed by atoms with E-state index in [4.69, 9.17) is 39.7 Å². The average Bonchev–Trinajstić information content (AvgIpc) is 3.93. The Labute approximate surface area is 290 Å². The molecule has 272 valence electrons. The number of alkyl carbamates (subject to hydrolysis) is 2. The van der Waals surface area contributed by atoms with Crippen molar-refractivity contribution in [3.05, 3.63) is 82.2 Å². The van der Waals surface area contributed by atoms with Gasteiger partial charge in [0.2, 0.25) is 0 Å². The van der Waals surface area contributed by atoms with Crippen molar-refractivity contribution in [3.8, 4) is 0 Å². The van der Waals surface area contributed by atoms with Crippen LogP contribution in [0.2, 0.25) is 0 Å². The Hall–Kier alpha value is -3.99. The van der Waals surface area contributed by atoms with Gasteiger partial charge in [0, 0.05) is 11.5 Å². The van der Waals surface area contributed by atoms with Crippen LogP contribution in [0, 0.1) is 11.8 Å². The zero-order valence-corrected chi connectivity index (χ0v) is 27.7. The topological polar surface area (TPSA) is 229 Å². The van der Waals surface area contributed by atoms with Crippen molar-refractivity contribution in [3.63, 3.8) is 0 Å². The summed E-state index contributed by atoms with van der Waals surface area (Å²) in [6.07, 6.45) is -1.85. The van der Waals surface area contributed by atoms with E-state index in [9.17, 15) is 19.8 Å². The molecule has 0 aliphatic carbocycles. The van der Waals surface area contributed by atoms with Gasteiger partial charge in [-0.1, -0.05) is 65.8 Å². The molecule has 0 radical (unpaired) electrons. The summed E-state index contributed by atoms with van der Waals surface area (Å²) in [6, 6.07) is 17.9. The van der Waals surface area contributed by atoms with E-state index in [1.165, 1.54) is 0 Å². The molecule has 16 nitrogen and oxygen atoms in total. The highest BCUT2D eigenvalue weighted by Crippen LogP contribution is 2.34. The van der Waals surface area contributed by atoms with Gasteiger partial charge in [0.1, 0.15) is 12.2 Å². The fourth-order valence-corrected chi connectivity index (χ4v) is 6.46. The quantitative estimate of drug-likeness (QED) is 0.116. The van der Waals surface area contributed by atoms with E-state index < -0.39 is 36.5 Å². The molecule has 0 saturated carbocycles.